The van der Waals surface area contributed by atoms with Gasteiger partial charge in [0.2, 0.25) is 0 Å². The second-order valence-electron chi connectivity index (χ2n) is 3.47. The number of rotatable bonds is 2. The van der Waals surface area contributed by atoms with Gasteiger partial charge in [-0.25, -0.2) is 15.1 Å². The summed E-state index contributed by atoms with van der Waals surface area (Å²) >= 11 is 0. The average molecular weight is 215 g/mol. The summed E-state index contributed by atoms with van der Waals surface area (Å²) in [5, 5.41) is 3.09. The Morgan fingerprint density at radius 3 is 3.19 bits per heavy atom. The summed E-state index contributed by atoms with van der Waals surface area (Å²) in [5.74, 6) is 0. The van der Waals surface area contributed by atoms with Crippen LogP contribution in [0.15, 0.2) is 31.0 Å². The second-order valence-corrected chi connectivity index (χ2v) is 3.47. The molecule has 3 aromatic heterocycles. The third-order valence-electron chi connectivity index (χ3n) is 2.46. The van der Waals surface area contributed by atoms with Gasteiger partial charge in [0.15, 0.2) is 6.20 Å². The molecule has 3 aromatic rings. The van der Waals surface area contributed by atoms with Crippen molar-refractivity contribution in [1.29, 1.82) is 0 Å². The molecule has 3 heterocycles. The van der Waals surface area contributed by atoms with Crippen molar-refractivity contribution in [2.45, 2.75) is 6.54 Å². The van der Waals surface area contributed by atoms with Crippen molar-refractivity contribution in [3.63, 3.8) is 0 Å². The Morgan fingerprint density at radius 2 is 2.31 bits per heavy atom. The molecule has 0 atom stereocenters. The summed E-state index contributed by atoms with van der Waals surface area (Å²) in [6.45, 7) is 0.395. The molecule has 0 saturated heterocycles. The Balaban J connectivity index is 2.19. The molecular formula is C10H11N6+. The van der Waals surface area contributed by atoms with Crippen molar-refractivity contribution < 1.29 is 4.52 Å². The normalized spacial score (nSPS) is 11.1. The maximum absolute atomic E-state index is 5.54. The summed E-state index contributed by atoms with van der Waals surface area (Å²) < 4.78 is 1.88. The molecule has 0 aliphatic carbocycles. The van der Waals surface area contributed by atoms with E-state index in [0.29, 0.717) is 6.54 Å². The molecule has 3 rings (SSSR count). The highest BCUT2D eigenvalue weighted by molar-refractivity contribution is 5.70. The molecule has 80 valence electrons. The van der Waals surface area contributed by atoms with Crippen LogP contribution in [0.5, 0.6) is 0 Å². The van der Waals surface area contributed by atoms with Gasteiger partial charge in [-0.2, -0.15) is 0 Å². The van der Waals surface area contributed by atoms with E-state index >= 15 is 0 Å². The van der Waals surface area contributed by atoms with Crippen molar-refractivity contribution in [3.8, 4) is 11.3 Å². The molecule has 4 N–H and O–H groups in total. The highest BCUT2D eigenvalue weighted by atomic mass is 15.2. The predicted octanol–water partition coefficient (Wildman–Crippen LogP) is -0.00280. The lowest BCUT2D eigenvalue weighted by molar-refractivity contribution is -0.574. The van der Waals surface area contributed by atoms with Crippen molar-refractivity contribution in [2.24, 2.45) is 5.73 Å². The van der Waals surface area contributed by atoms with E-state index in [1.165, 1.54) is 0 Å². The molecule has 0 radical (unpaired) electrons. The number of aromatic nitrogens is 5. The number of nitrogens with two attached hydrogens (primary N) is 1. The third-order valence-corrected chi connectivity index (χ3v) is 2.46. The number of fused-ring (bicyclic) bond motifs is 1. The van der Waals surface area contributed by atoms with Crippen LogP contribution in [0.25, 0.3) is 16.9 Å². The molecule has 0 aromatic carbocycles. The molecule has 0 saturated carbocycles. The monoisotopic (exact) mass is 215 g/mol. The van der Waals surface area contributed by atoms with E-state index in [0.717, 1.165) is 22.6 Å². The molecule has 0 bridgehead atoms. The van der Waals surface area contributed by atoms with Gasteiger partial charge in [0.1, 0.15) is 11.8 Å². The standard InChI is InChI=1S/C10H10N6/c11-3-7-4-12-6-9(15-7)8-5-14-16-2-1-13-10(8)16/h1-2,4-6H,3,11H2,(H,13,14,15)/p+1. The van der Waals surface area contributed by atoms with Crippen LogP contribution in [-0.4, -0.2) is 20.1 Å². The molecule has 0 aliphatic rings. The predicted molar refractivity (Wildman–Crippen MR) is 57.2 cm³/mol. The first-order valence-electron chi connectivity index (χ1n) is 4.96. The topological polar surface area (TPSA) is 87.5 Å². The van der Waals surface area contributed by atoms with Crippen LogP contribution >= 0.6 is 0 Å². The van der Waals surface area contributed by atoms with E-state index < -0.39 is 0 Å². The van der Waals surface area contributed by atoms with E-state index in [1.807, 2.05) is 23.1 Å². The van der Waals surface area contributed by atoms with Gasteiger partial charge in [0.05, 0.1) is 23.8 Å². The van der Waals surface area contributed by atoms with Crippen molar-refractivity contribution in [2.75, 3.05) is 0 Å². The molecule has 6 nitrogen and oxygen atoms in total. The first-order chi connectivity index (χ1) is 7.88. The van der Waals surface area contributed by atoms with Gasteiger partial charge in [-0.1, -0.05) is 0 Å². The summed E-state index contributed by atoms with van der Waals surface area (Å²) in [5.41, 5.74) is 9.07. The highest BCUT2D eigenvalue weighted by Crippen LogP contribution is 2.17. The van der Waals surface area contributed by atoms with E-state index in [1.54, 1.807) is 12.4 Å². The Labute approximate surface area is 91.1 Å². The zero-order valence-corrected chi connectivity index (χ0v) is 8.51. The fourth-order valence-corrected chi connectivity index (χ4v) is 1.68. The zero-order chi connectivity index (χ0) is 11.0. The largest absolute Gasteiger partial charge is 0.325 e. The maximum Gasteiger partial charge on any atom is 0.314 e. The minimum atomic E-state index is 0.395. The summed E-state index contributed by atoms with van der Waals surface area (Å²) in [6.07, 6.45) is 9.04. The Kier molecular flexibility index (Phi) is 1.94. The number of hydrogen-bond acceptors (Lipinski definition) is 3. The van der Waals surface area contributed by atoms with Gasteiger partial charge < -0.3 is 5.73 Å². The van der Waals surface area contributed by atoms with Crippen LogP contribution in [0.3, 0.4) is 0 Å². The number of H-pyrrole nitrogens is 2. The Morgan fingerprint density at radius 1 is 1.38 bits per heavy atom. The van der Waals surface area contributed by atoms with Crippen LogP contribution < -0.4 is 10.2 Å². The van der Waals surface area contributed by atoms with E-state index in [9.17, 15) is 0 Å². The fourth-order valence-electron chi connectivity index (χ4n) is 1.68. The third kappa shape index (κ3) is 1.28. The lowest BCUT2D eigenvalue weighted by Crippen LogP contribution is -2.18. The maximum atomic E-state index is 5.54. The first kappa shape index (κ1) is 9.05. The zero-order valence-electron chi connectivity index (χ0n) is 8.51. The molecule has 0 aliphatic heterocycles. The van der Waals surface area contributed by atoms with Crippen LogP contribution in [-0.2, 0) is 6.54 Å². The van der Waals surface area contributed by atoms with Gasteiger partial charge in [-0.15, -0.1) is 4.52 Å². The van der Waals surface area contributed by atoms with E-state index in [4.69, 9.17) is 5.73 Å². The van der Waals surface area contributed by atoms with Gasteiger partial charge in [-0.3, -0.25) is 4.98 Å². The smallest absolute Gasteiger partial charge is 0.314 e. The number of nitrogens with zero attached hydrogens (tertiary/aromatic N) is 3. The summed E-state index contributed by atoms with van der Waals surface area (Å²) in [4.78, 5) is 11.7. The van der Waals surface area contributed by atoms with Crippen molar-refractivity contribution >= 4 is 5.65 Å². The average Bonchev–Trinajstić information content (AvgIpc) is 2.90. The van der Waals surface area contributed by atoms with Crippen molar-refractivity contribution in [1.82, 2.24) is 20.1 Å². The molecule has 0 fully saturated rings. The minimum Gasteiger partial charge on any atom is -0.325 e. The van der Waals surface area contributed by atoms with Crippen LogP contribution in [0.2, 0.25) is 0 Å². The molecule has 6 heteroatoms. The van der Waals surface area contributed by atoms with Crippen LogP contribution in [0.4, 0.5) is 0 Å². The number of imidazole rings is 1. The summed E-state index contributed by atoms with van der Waals surface area (Å²) in [6, 6.07) is 0. The Bertz CT molecular complexity index is 623. The van der Waals surface area contributed by atoms with E-state index in [-0.39, 0.29) is 0 Å². The lowest BCUT2D eigenvalue weighted by Gasteiger charge is -1.97. The van der Waals surface area contributed by atoms with Gasteiger partial charge in [0.25, 0.3) is 0 Å². The first-order valence-corrected chi connectivity index (χ1v) is 4.96. The minimum absolute atomic E-state index is 0.395. The second kappa shape index (κ2) is 3.42. The van der Waals surface area contributed by atoms with Gasteiger partial charge >= 0.3 is 5.65 Å². The summed E-state index contributed by atoms with van der Waals surface area (Å²) in [7, 11) is 0. The molecule has 0 spiro atoms. The quantitative estimate of drug-likeness (QED) is 0.526. The van der Waals surface area contributed by atoms with E-state index in [2.05, 4.69) is 20.1 Å². The van der Waals surface area contributed by atoms with Gasteiger partial charge in [-0.05, 0) is 0 Å². The lowest BCUT2D eigenvalue weighted by atomic mass is 10.2. The molecule has 0 unspecified atom stereocenters. The highest BCUT2D eigenvalue weighted by Gasteiger charge is 2.14. The molecule has 16 heavy (non-hydrogen) atoms. The number of aromatic amines is 2. The Hall–Kier alpha value is -2.21. The fraction of sp³-hybridized carbons (Fsp3) is 0.100. The van der Waals surface area contributed by atoms with Crippen LogP contribution in [0, 0.1) is 0 Å². The molecular weight excluding hydrogens is 204 g/mol. The number of nitrogens with one attached hydrogen (secondary N) is 2. The van der Waals surface area contributed by atoms with Crippen LogP contribution in [0.1, 0.15) is 5.69 Å². The SMILES string of the molecule is NCc1cncc(-c2c[nH][n+]3cc[nH]c23)n1. The van der Waals surface area contributed by atoms with Gasteiger partial charge in [0, 0.05) is 12.7 Å². The van der Waals surface area contributed by atoms with Crippen molar-refractivity contribution in [3.05, 3.63) is 36.7 Å². The molecule has 0 amide bonds. The number of hydrogen-bond donors (Lipinski definition) is 3.